The maximum absolute atomic E-state index is 13.5. The zero-order chi connectivity index (χ0) is 22.0. The van der Waals surface area contributed by atoms with E-state index in [1.165, 1.54) is 29.6 Å². The first-order valence-corrected chi connectivity index (χ1v) is 11.2. The van der Waals surface area contributed by atoms with E-state index in [0.717, 1.165) is 0 Å². The lowest BCUT2D eigenvalue weighted by Crippen LogP contribution is -2.16. The highest BCUT2D eigenvalue weighted by Crippen LogP contribution is 2.28. The Balaban J connectivity index is 1.75. The summed E-state index contributed by atoms with van der Waals surface area (Å²) in [7, 11) is -2.62. The summed E-state index contributed by atoms with van der Waals surface area (Å²) >= 11 is 6.00. The largest absolute Gasteiger partial charge is 0.469 e. The molecule has 10 heteroatoms. The van der Waals surface area contributed by atoms with Gasteiger partial charge in [-0.1, -0.05) is 11.6 Å². The van der Waals surface area contributed by atoms with Gasteiger partial charge in [0.1, 0.15) is 5.15 Å². The van der Waals surface area contributed by atoms with Crippen LogP contribution in [-0.2, 0) is 26.0 Å². The number of halogens is 1. The molecule has 0 aliphatic heterocycles. The highest BCUT2D eigenvalue weighted by Gasteiger charge is 2.24. The maximum Gasteiger partial charge on any atom is 0.305 e. The number of ether oxygens (including phenoxy) is 1. The van der Waals surface area contributed by atoms with Gasteiger partial charge in [-0.2, -0.15) is 0 Å². The number of methoxy groups -OCH3 is 1. The van der Waals surface area contributed by atoms with Gasteiger partial charge in [0.15, 0.2) is 12.2 Å². The van der Waals surface area contributed by atoms with Crippen LogP contribution >= 0.6 is 11.6 Å². The van der Waals surface area contributed by atoms with Crippen molar-refractivity contribution in [3.05, 3.63) is 65.9 Å². The summed E-state index contributed by atoms with van der Waals surface area (Å²) in [5.41, 5.74) is 2.09. The molecule has 0 spiro atoms. The van der Waals surface area contributed by atoms with Gasteiger partial charge in [-0.3, -0.25) is 4.79 Å². The highest BCUT2D eigenvalue weighted by molar-refractivity contribution is 7.90. The Bertz CT molecular complexity index is 1330. The van der Waals surface area contributed by atoms with Crippen LogP contribution in [0, 0.1) is 0 Å². The van der Waals surface area contributed by atoms with Crippen molar-refractivity contribution in [2.24, 2.45) is 0 Å². The fourth-order valence-electron chi connectivity index (χ4n) is 3.32. The van der Waals surface area contributed by atoms with E-state index in [0.29, 0.717) is 40.9 Å². The zero-order valence-corrected chi connectivity index (χ0v) is 18.1. The van der Waals surface area contributed by atoms with Crippen molar-refractivity contribution in [1.29, 1.82) is 0 Å². The van der Waals surface area contributed by atoms with E-state index < -0.39 is 10.0 Å². The quantitative estimate of drug-likeness (QED) is 0.303. The Labute approximate surface area is 183 Å². The van der Waals surface area contributed by atoms with Crippen LogP contribution in [-0.4, -0.2) is 35.4 Å². The van der Waals surface area contributed by atoms with Crippen molar-refractivity contribution in [1.82, 2.24) is 13.9 Å². The smallest absolute Gasteiger partial charge is 0.305 e. The molecule has 8 nitrogen and oxygen atoms in total. The summed E-state index contributed by atoms with van der Waals surface area (Å²) < 4.78 is 38.3. The third-order valence-corrected chi connectivity index (χ3v) is 6.79. The van der Waals surface area contributed by atoms with Gasteiger partial charge in [0.05, 0.1) is 29.2 Å². The second-order valence-electron chi connectivity index (χ2n) is 6.76. The van der Waals surface area contributed by atoms with Gasteiger partial charge < -0.3 is 9.15 Å². The molecular weight excluding hydrogens is 442 g/mol. The number of esters is 1. The monoisotopic (exact) mass is 459 g/mol. The number of rotatable bonds is 7. The first-order valence-electron chi connectivity index (χ1n) is 9.38. The summed E-state index contributed by atoms with van der Waals surface area (Å²) in [5.74, 6) is 0.187. The molecule has 0 atom stereocenters. The zero-order valence-electron chi connectivity index (χ0n) is 16.5. The van der Waals surface area contributed by atoms with Crippen LogP contribution in [0.25, 0.3) is 22.4 Å². The number of oxazole rings is 1. The van der Waals surface area contributed by atoms with Gasteiger partial charge in [-0.25, -0.2) is 22.4 Å². The molecule has 0 fully saturated rings. The topological polar surface area (TPSA) is 104 Å². The van der Waals surface area contributed by atoms with Crippen molar-refractivity contribution in [3.8, 4) is 11.3 Å². The van der Waals surface area contributed by atoms with E-state index in [1.807, 2.05) is 0 Å². The average molecular weight is 460 g/mol. The van der Waals surface area contributed by atoms with Crippen LogP contribution in [0.15, 0.2) is 64.4 Å². The minimum absolute atomic E-state index is 0.109. The van der Waals surface area contributed by atoms with Crippen molar-refractivity contribution in [2.75, 3.05) is 7.11 Å². The number of carbonyl (C=O) groups excluding carboxylic acids is 1. The van der Waals surface area contributed by atoms with Crippen LogP contribution < -0.4 is 0 Å². The molecule has 0 aliphatic rings. The van der Waals surface area contributed by atoms with Crippen LogP contribution in [0.4, 0.5) is 0 Å². The van der Waals surface area contributed by atoms with Gasteiger partial charge in [0.25, 0.3) is 10.0 Å². The molecule has 1 aromatic carbocycles. The molecule has 160 valence electrons. The molecule has 3 aromatic heterocycles. The molecule has 31 heavy (non-hydrogen) atoms. The van der Waals surface area contributed by atoms with Crippen molar-refractivity contribution < 1.29 is 22.4 Å². The number of hydrogen-bond acceptors (Lipinski definition) is 7. The number of aromatic nitrogens is 3. The van der Waals surface area contributed by atoms with E-state index in [-0.39, 0.29) is 22.4 Å². The first kappa shape index (κ1) is 21.1. The lowest BCUT2D eigenvalue weighted by Gasteiger charge is -2.12. The predicted molar refractivity (Wildman–Crippen MR) is 114 cm³/mol. The number of hydrogen-bond donors (Lipinski definition) is 0. The van der Waals surface area contributed by atoms with Gasteiger partial charge in [-0.05, 0) is 55.3 Å². The summed E-state index contributed by atoms with van der Waals surface area (Å²) in [6.45, 7) is 0. The van der Waals surface area contributed by atoms with E-state index in [1.54, 1.807) is 36.5 Å². The Morgan fingerprint density at radius 2 is 1.97 bits per heavy atom. The summed E-state index contributed by atoms with van der Waals surface area (Å²) in [4.78, 5) is 19.7. The number of carbonyl (C=O) groups is 1. The van der Waals surface area contributed by atoms with Crippen LogP contribution in [0.3, 0.4) is 0 Å². The average Bonchev–Trinajstić information content (AvgIpc) is 3.41. The molecule has 0 aliphatic carbocycles. The normalized spacial score (nSPS) is 11.7. The van der Waals surface area contributed by atoms with Crippen molar-refractivity contribution in [2.45, 2.75) is 24.2 Å². The minimum Gasteiger partial charge on any atom is -0.469 e. The minimum atomic E-state index is -3.94. The van der Waals surface area contributed by atoms with Gasteiger partial charge in [-0.15, -0.1) is 0 Å². The second-order valence-corrected chi connectivity index (χ2v) is 8.94. The van der Waals surface area contributed by atoms with E-state index >= 15 is 0 Å². The maximum atomic E-state index is 13.5. The van der Waals surface area contributed by atoms with Crippen molar-refractivity contribution >= 4 is 38.6 Å². The van der Waals surface area contributed by atoms with E-state index in [9.17, 15) is 13.2 Å². The molecular formula is C21H18ClN3O5S. The summed E-state index contributed by atoms with van der Waals surface area (Å²) in [6.07, 6.45) is 3.82. The van der Waals surface area contributed by atoms with Crippen LogP contribution in [0.2, 0.25) is 5.15 Å². The molecule has 0 unspecified atom stereocenters. The number of benzene rings is 1. The third-order valence-electron chi connectivity index (χ3n) is 4.80. The summed E-state index contributed by atoms with van der Waals surface area (Å²) in [6, 6.07) is 11.2. The molecule has 0 bridgehead atoms. The van der Waals surface area contributed by atoms with Gasteiger partial charge in [0, 0.05) is 17.7 Å². The number of aryl methyl sites for hydroxylation is 1. The van der Waals surface area contributed by atoms with Crippen molar-refractivity contribution in [3.63, 3.8) is 0 Å². The summed E-state index contributed by atoms with van der Waals surface area (Å²) in [5, 5.41) is 0.263. The molecule has 0 N–H and O–H groups in total. The standard InChI is InChI=1S/C21H18ClN3O5S/c1-29-21(26)4-2-3-15-11-17-18(9-10-20(22)24-17)25(15)31(27,28)16-7-5-14(6-8-16)19-12-23-13-30-19/h5-13H,2-4H2,1H3. The fraction of sp³-hybridized carbons (Fsp3) is 0.190. The SMILES string of the molecule is COC(=O)CCCc1cc2nc(Cl)ccc2n1S(=O)(=O)c1ccc(-c2cnco2)cc1. The number of nitrogens with zero attached hydrogens (tertiary/aromatic N) is 3. The van der Waals surface area contributed by atoms with E-state index in [4.69, 9.17) is 16.0 Å². The van der Waals surface area contributed by atoms with Crippen LogP contribution in [0.5, 0.6) is 0 Å². The van der Waals surface area contributed by atoms with E-state index in [2.05, 4.69) is 14.7 Å². The van der Waals surface area contributed by atoms with Gasteiger partial charge in [0.2, 0.25) is 0 Å². The fourth-order valence-corrected chi connectivity index (χ4v) is 5.03. The molecule has 4 aromatic rings. The number of pyridine rings is 1. The number of fused-ring (bicyclic) bond motifs is 1. The predicted octanol–water partition coefficient (Wildman–Crippen LogP) is 4.08. The molecule has 0 amide bonds. The second kappa shape index (κ2) is 8.52. The lowest BCUT2D eigenvalue weighted by molar-refractivity contribution is -0.140. The molecule has 0 saturated heterocycles. The van der Waals surface area contributed by atoms with Crippen LogP contribution in [0.1, 0.15) is 18.5 Å². The Morgan fingerprint density at radius 3 is 2.65 bits per heavy atom. The third kappa shape index (κ3) is 4.19. The molecule has 4 rings (SSSR count). The Morgan fingerprint density at radius 1 is 1.19 bits per heavy atom. The molecule has 0 radical (unpaired) electrons. The molecule has 0 saturated carbocycles. The van der Waals surface area contributed by atoms with Gasteiger partial charge >= 0.3 is 5.97 Å². The molecule has 3 heterocycles. The lowest BCUT2D eigenvalue weighted by atomic mass is 10.2. The highest BCUT2D eigenvalue weighted by atomic mass is 35.5. The Hall–Kier alpha value is -3.17. The first-order chi connectivity index (χ1) is 14.9. The Kier molecular flexibility index (Phi) is 5.79.